The summed E-state index contributed by atoms with van der Waals surface area (Å²) in [6.07, 6.45) is 3.12. The molecule has 2 aromatic heterocycles. The van der Waals surface area contributed by atoms with Gasteiger partial charge in [-0.25, -0.2) is 4.98 Å². The topological polar surface area (TPSA) is 55.1 Å². The zero-order chi connectivity index (χ0) is 23.7. The number of rotatable bonds is 5. The Morgan fingerprint density at radius 3 is 2.71 bits per heavy atom. The second-order valence-electron chi connectivity index (χ2n) is 7.95. The Morgan fingerprint density at radius 2 is 1.88 bits per heavy atom. The van der Waals surface area contributed by atoms with E-state index in [0.29, 0.717) is 16.5 Å². The number of aryl methyl sites for hydroxylation is 1. The number of carbonyl (C=O) groups is 1. The zero-order valence-corrected chi connectivity index (χ0v) is 20.2. The van der Waals surface area contributed by atoms with E-state index in [9.17, 15) is 4.79 Å². The number of benzene rings is 3. The molecule has 0 spiro atoms. The van der Waals surface area contributed by atoms with E-state index in [2.05, 4.69) is 11.4 Å². The molecule has 0 bridgehead atoms. The van der Waals surface area contributed by atoms with Crippen LogP contribution in [0.4, 0.5) is 5.69 Å². The third kappa shape index (κ3) is 4.53. The van der Waals surface area contributed by atoms with E-state index in [4.69, 9.17) is 21.0 Å². The molecule has 2 heterocycles. The molecule has 0 aliphatic heterocycles. The highest BCUT2D eigenvalue weighted by molar-refractivity contribution is 7.21. The van der Waals surface area contributed by atoms with E-state index < -0.39 is 0 Å². The van der Waals surface area contributed by atoms with Gasteiger partial charge in [-0.2, -0.15) is 0 Å². The number of nitrogens with zero attached hydrogens (tertiary/aromatic N) is 1. The highest BCUT2D eigenvalue weighted by Crippen LogP contribution is 2.34. The Balaban J connectivity index is 1.32. The van der Waals surface area contributed by atoms with Crippen molar-refractivity contribution >= 4 is 50.8 Å². The first kappa shape index (κ1) is 22.1. The average molecular weight is 485 g/mol. The van der Waals surface area contributed by atoms with Crippen LogP contribution in [0, 0.1) is 13.8 Å². The fraction of sp³-hybridized carbons (Fsp3) is 0.0714. The van der Waals surface area contributed by atoms with E-state index in [1.165, 1.54) is 6.08 Å². The molecular formula is C28H21ClN2O2S. The number of hydrogen-bond acceptors (Lipinski definition) is 4. The van der Waals surface area contributed by atoms with Crippen molar-refractivity contribution in [3.63, 3.8) is 0 Å². The predicted octanol–water partition coefficient (Wildman–Crippen LogP) is 8.15. The number of para-hydroxylation sites is 1. The van der Waals surface area contributed by atoms with Crippen molar-refractivity contribution in [3.8, 4) is 21.9 Å². The Bertz CT molecular complexity index is 1510. The standard InChI is InChI=1S/C28H21ClN2O2S/c1-17-10-11-19(16-22(17)29)25-14-12-20(33-25)13-15-27(32)30-23-8-5-6-21(18(23)2)28-31-24-7-3-4-9-26(24)34-28/h3-16H,1-2H3,(H,30,32). The van der Waals surface area contributed by atoms with E-state index in [1.54, 1.807) is 17.4 Å². The van der Waals surface area contributed by atoms with Gasteiger partial charge in [-0.15, -0.1) is 11.3 Å². The van der Waals surface area contributed by atoms with Gasteiger partial charge in [0, 0.05) is 27.9 Å². The fourth-order valence-electron chi connectivity index (χ4n) is 3.67. The maximum atomic E-state index is 12.6. The number of anilines is 1. The van der Waals surface area contributed by atoms with Crippen LogP contribution in [0.3, 0.4) is 0 Å². The van der Waals surface area contributed by atoms with Crippen molar-refractivity contribution in [1.29, 1.82) is 0 Å². The van der Waals surface area contributed by atoms with Crippen LogP contribution in [0.1, 0.15) is 16.9 Å². The molecule has 0 aliphatic rings. The lowest BCUT2D eigenvalue weighted by Crippen LogP contribution is -2.09. The smallest absolute Gasteiger partial charge is 0.248 e. The number of halogens is 1. The lowest BCUT2D eigenvalue weighted by atomic mass is 10.1. The van der Waals surface area contributed by atoms with Crippen molar-refractivity contribution in [2.75, 3.05) is 5.32 Å². The first-order chi connectivity index (χ1) is 16.5. The zero-order valence-electron chi connectivity index (χ0n) is 18.6. The number of hydrogen-bond donors (Lipinski definition) is 1. The first-order valence-electron chi connectivity index (χ1n) is 10.8. The maximum Gasteiger partial charge on any atom is 0.248 e. The van der Waals surface area contributed by atoms with Gasteiger partial charge < -0.3 is 9.73 Å². The monoisotopic (exact) mass is 484 g/mol. The maximum absolute atomic E-state index is 12.6. The average Bonchev–Trinajstić information content (AvgIpc) is 3.48. The third-order valence-electron chi connectivity index (χ3n) is 5.60. The van der Waals surface area contributed by atoms with Gasteiger partial charge >= 0.3 is 0 Å². The normalized spacial score (nSPS) is 11.4. The third-order valence-corrected chi connectivity index (χ3v) is 7.07. The number of nitrogens with one attached hydrogen (secondary N) is 1. The Labute approximate surface area is 206 Å². The van der Waals surface area contributed by atoms with Crippen molar-refractivity contribution in [2.24, 2.45) is 0 Å². The molecule has 1 N–H and O–H groups in total. The number of carbonyl (C=O) groups excluding carboxylic acids is 1. The summed E-state index contributed by atoms with van der Waals surface area (Å²) in [7, 11) is 0. The largest absolute Gasteiger partial charge is 0.457 e. The molecular weight excluding hydrogens is 464 g/mol. The summed E-state index contributed by atoms with van der Waals surface area (Å²) < 4.78 is 7.00. The van der Waals surface area contributed by atoms with Crippen LogP contribution < -0.4 is 5.32 Å². The van der Waals surface area contributed by atoms with Crippen molar-refractivity contribution in [3.05, 3.63) is 101 Å². The van der Waals surface area contributed by atoms with Crippen LogP contribution in [0.25, 0.3) is 38.2 Å². The summed E-state index contributed by atoms with van der Waals surface area (Å²) in [6.45, 7) is 3.95. The summed E-state index contributed by atoms with van der Waals surface area (Å²) in [6, 6.07) is 23.4. The minimum Gasteiger partial charge on any atom is -0.457 e. The van der Waals surface area contributed by atoms with Crippen LogP contribution in [0.15, 0.2) is 83.3 Å². The molecule has 3 aromatic carbocycles. The van der Waals surface area contributed by atoms with Crippen LogP contribution in [-0.4, -0.2) is 10.9 Å². The lowest BCUT2D eigenvalue weighted by molar-refractivity contribution is -0.111. The molecule has 4 nitrogen and oxygen atoms in total. The number of fused-ring (bicyclic) bond motifs is 1. The van der Waals surface area contributed by atoms with E-state index in [0.717, 1.165) is 43.2 Å². The predicted molar refractivity (Wildman–Crippen MR) is 141 cm³/mol. The van der Waals surface area contributed by atoms with E-state index in [1.807, 2.05) is 80.6 Å². The number of amides is 1. The molecule has 0 fully saturated rings. The summed E-state index contributed by atoms with van der Waals surface area (Å²) in [5.41, 5.74) is 5.61. The molecule has 0 unspecified atom stereocenters. The van der Waals surface area contributed by atoms with Gasteiger partial charge in [-0.1, -0.05) is 48.0 Å². The van der Waals surface area contributed by atoms with Crippen molar-refractivity contribution in [1.82, 2.24) is 4.98 Å². The quantitative estimate of drug-likeness (QED) is 0.256. The number of aromatic nitrogens is 1. The van der Waals surface area contributed by atoms with E-state index in [-0.39, 0.29) is 5.91 Å². The van der Waals surface area contributed by atoms with Gasteiger partial charge in [0.15, 0.2) is 0 Å². The van der Waals surface area contributed by atoms with Crippen LogP contribution in [0.5, 0.6) is 0 Å². The molecule has 5 rings (SSSR count). The fourth-order valence-corrected chi connectivity index (χ4v) is 4.89. The van der Waals surface area contributed by atoms with Crippen LogP contribution in [-0.2, 0) is 4.79 Å². The summed E-state index contributed by atoms with van der Waals surface area (Å²) in [4.78, 5) is 17.4. The minimum atomic E-state index is -0.235. The molecule has 5 aromatic rings. The Morgan fingerprint density at radius 1 is 1.03 bits per heavy atom. The van der Waals surface area contributed by atoms with Gasteiger partial charge in [0.1, 0.15) is 16.5 Å². The minimum absolute atomic E-state index is 0.235. The van der Waals surface area contributed by atoms with Gasteiger partial charge in [0.2, 0.25) is 5.91 Å². The highest BCUT2D eigenvalue weighted by atomic mass is 35.5. The van der Waals surface area contributed by atoms with Gasteiger partial charge in [-0.3, -0.25) is 4.79 Å². The summed E-state index contributed by atoms with van der Waals surface area (Å²) in [5.74, 6) is 1.05. The Hall–Kier alpha value is -3.67. The first-order valence-corrected chi connectivity index (χ1v) is 12.0. The summed E-state index contributed by atoms with van der Waals surface area (Å²) in [5, 5.41) is 4.59. The van der Waals surface area contributed by atoms with Crippen molar-refractivity contribution < 1.29 is 9.21 Å². The molecule has 6 heteroatoms. The highest BCUT2D eigenvalue weighted by Gasteiger charge is 2.12. The number of thiazole rings is 1. The lowest BCUT2D eigenvalue weighted by Gasteiger charge is -2.10. The van der Waals surface area contributed by atoms with Crippen LogP contribution >= 0.6 is 22.9 Å². The second-order valence-corrected chi connectivity index (χ2v) is 9.39. The molecule has 168 valence electrons. The molecule has 1 amide bonds. The SMILES string of the molecule is Cc1ccc(-c2ccc(C=CC(=O)Nc3cccc(-c4nc5ccccc5s4)c3C)o2)cc1Cl. The number of furan rings is 1. The van der Waals surface area contributed by atoms with Gasteiger partial charge in [0.25, 0.3) is 0 Å². The molecule has 0 saturated carbocycles. The summed E-state index contributed by atoms with van der Waals surface area (Å²) >= 11 is 7.87. The molecule has 34 heavy (non-hydrogen) atoms. The molecule has 0 radical (unpaired) electrons. The molecule has 0 saturated heterocycles. The molecule has 0 aliphatic carbocycles. The van der Waals surface area contributed by atoms with Gasteiger partial charge in [-0.05, 0) is 67.4 Å². The second kappa shape index (κ2) is 9.29. The Kier molecular flexibility index (Phi) is 6.05. The van der Waals surface area contributed by atoms with Crippen LogP contribution in [0.2, 0.25) is 5.02 Å². The van der Waals surface area contributed by atoms with E-state index >= 15 is 0 Å². The van der Waals surface area contributed by atoms with Crippen molar-refractivity contribution in [2.45, 2.75) is 13.8 Å². The molecule has 0 atom stereocenters. The van der Waals surface area contributed by atoms with Gasteiger partial charge in [0.05, 0.1) is 10.2 Å².